The van der Waals surface area contributed by atoms with Crippen LogP contribution in [-0.2, 0) is 13.2 Å². The van der Waals surface area contributed by atoms with Crippen LogP contribution in [0, 0.1) is 6.92 Å². The lowest BCUT2D eigenvalue weighted by Gasteiger charge is -2.12. The van der Waals surface area contributed by atoms with Gasteiger partial charge in [-0.2, -0.15) is 0 Å². The Labute approximate surface area is 136 Å². The Balaban J connectivity index is 2.13. The predicted molar refractivity (Wildman–Crippen MR) is 87.9 cm³/mol. The highest BCUT2D eigenvalue weighted by Crippen LogP contribution is 2.35. The first-order valence-electron chi connectivity index (χ1n) is 6.28. The van der Waals surface area contributed by atoms with E-state index in [1.54, 1.807) is 0 Å². The van der Waals surface area contributed by atoms with Crippen molar-refractivity contribution < 1.29 is 4.74 Å². The van der Waals surface area contributed by atoms with Crippen molar-refractivity contribution in [3.05, 3.63) is 56.2 Å². The van der Waals surface area contributed by atoms with Gasteiger partial charge in [0.2, 0.25) is 0 Å². The number of aromatic nitrogens is 1. The van der Waals surface area contributed by atoms with Crippen LogP contribution in [0.4, 0.5) is 0 Å². The van der Waals surface area contributed by atoms with Gasteiger partial charge < -0.3 is 10.1 Å². The maximum absolute atomic E-state index is 5.87. The van der Waals surface area contributed by atoms with E-state index < -0.39 is 0 Å². The Bertz CT molecular complexity index is 579. The van der Waals surface area contributed by atoms with Gasteiger partial charge in [-0.25, -0.2) is 0 Å². The van der Waals surface area contributed by atoms with Gasteiger partial charge in [0.05, 0.1) is 14.6 Å². The van der Waals surface area contributed by atoms with Crippen molar-refractivity contribution >= 4 is 31.9 Å². The van der Waals surface area contributed by atoms with Gasteiger partial charge in [0, 0.05) is 12.2 Å². The van der Waals surface area contributed by atoms with Crippen LogP contribution in [-0.4, -0.2) is 12.0 Å². The molecule has 20 heavy (non-hydrogen) atoms. The summed E-state index contributed by atoms with van der Waals surface area (Å²) in [7, 11) is 1.93. The van der Waals surface area contributed by atoms with Crippen LogP contribution in [0.3, 0.4) is 0 Å². The molecule has 1 aromatic carbocycles. The van der Waals surface area contributed by atoms with E-state index in [1.807, 2.05) is 32.2 Å². The summed E-state index contributed by atoms with van der Waals surface area (Å²) in [5, 5.41) is 3.13. The first-order valence-corrected chi connectivity index (χ1v) is 7.86. The number of nitrogens with one attached hydrogen (secondary N) is 1. The zero-order chi connectivity index (χ0) is 14.5. The van der Waals surface area contributed by atoms with Crippen LogP contribution < -0.4 is 10.1 Å². The summed E-state index contributed by atoms with van der Waals surface area (Å²) < 4.78 is 7.74. The number of ether oxygens (including phenoxy) is 1. The van der Waals surface area contributed by atoms with Crippen molar-refractivity contribution in [2.24, 2.45) is 0 Å². The Morgan fingerprint density at radius 3 is 2.50 bits per heavy atom. The molecule has 3 nitrogen and oxygen atoms in total. The topological polar surface area (TPSA) is 34.1 Å². The number of halogens is 2. The van der Waals surface area contributed by atoms with Crippen molar-refractivity contribution in [1.29, 1.82) is 0 Å². The van der Waals surface area contributed by atoms with E-state index in [2.05, 4.69) is 54.3 Å². The highest BCUT2D eigenvalue weighted by Gasteiger charge is 2.09. The lowest BCUT2D eigenvalue weighted by molar-refractivity contribution is 0.297. The van der Waals surface area contributed by atoms with Gasteiger partial charge in [0.15, 0.2) is 0 Å². The number of pyridine rings is 1. The molecule has 0 saturated heterocycles. The van der Waals surface area contributed by atoms with Crippen LogP contribution >= 0.6 is 31.9 Å². The second-order valence-corrected chi connectivity index (χ2v) is 6.19. The molecular formula is C15H16Br2N2O. The fraction of sp³-hybridized carbons (Fsp3) is 0.267. The molecule has 1 aromatic heterocycles. The molecule has 5 heteroatoms. The van der Waals surface area contributed by atoms with Gasteiger partial charge in [-0.15, -0.1) is 0 Å². The fourth-order valence-electron chi connectivity index (χ4n) is 1.88. The van der Waals surface area contributed by atoms with E-state index in [1.165, 1.54) is 5.56 Å². The quantitative estimate of drug-likeness (QED) is 0.817. The molecule has 0 amide bonds. The molecule has 106 valence electrons. The maximum atomic E-state index is 5.87. The summed E-state index contributed by atoms with van der Waals surface area (Å²) in [6.45, 7) is 3.24. The van der Waals surface area contributed by atoms with E-state index in [9.17, 15) is 0 Å². The molecule has 0 aliphatic rings. The number of benzene rings is 1. The third kappa shape index (κ3) is 4.04. The second kappa shape index (κ2) is 7.20. The largest absolute Gasteiger partial charge is 0.485 e. The molecule has 2 aromatic rings. The third-order valence-electron chi connectivity index (χ3n) is 2.75. The Morgan fingerprint density at radius 1 is 1.20 bits per heavy atom. The summed E-state index contributed by atoms with van der Waals surface area (Å²) in [5.41, 5.74) is 3.10. The van der Waals surface area contributed by atoms with Gasteiger partial charge in [0.25, 0.3) is 0 Å². The van der Waals surface area contributed by atoms with Crippen molar-refractivity contribution in [1.82, 2.24) is 10.3 Å². The summed E-state index contributed by atoms with van der Waals surface area (Å²) in [5.74, 6) is 0.799. The van der Waals surface area contributed by atoms with Crippen molar-refractivity contribution in [2.45, 2.75) is 20.1 Å². The second-order valence-electron chi connectivity index (χ2n) is 4.48. The highest BCUT2D eigenvalue weighted by atomic mass is 79.9. The average molecular weight is 400 g/mol. The standard InChI is InChI=1S/C15H16Br2N2O/c1-10-4-3-5-12(19-10)9-20-15-13(16)6-11(8-18-2)7-14(15)17/h3-7,18H,8-9H2,1-2H3. The molecule has 0 aliphatic heterocycles. The van der Waals surface area contributed by atoms with E-state index in [0.29, 0.717) is 6.61 Å². The molecule has 0 saturated carbocycles. The van der Waals surface area contributed by atoms with Crippen molar-refractivity contribution in [3.63, 3.8) is 0 Å². The van der Waals surface area contributed by atoms with E-state index in [-0.39, 0.29) is 0 Å². The van der Waals surface area contributed by atoms with Gasteiger partial charge in [-0.1, -0.05) is 6.07 Å². The van der Waals surface area contributed by atoms with Gasteiger partial charge in [0.1, 0.15) is 12.4 Å². The van der Waals surface area contributed by atoms with E-state index in [4.69, 9.17) is 4.74 Å². The molecule has 0 spiro atoms. The van der Waals surface area contributed by atoms with Crippen LogP contribution in [0.2, 0.25) is 0 Å². The van der Waals surface area contributed by atoms with Crippen molar-refractivity contribution in [2.75, 3.05) is 7.05 Å². The minimum absolute atomic E-state index is 0.449. The van der Waals surface area contributed by atoms with E-state index >= 15 is 0 Å². The summed E-state index contributed by atoms with van der Waals surface area (Å²) in [6.07, 6.45) is 0. The lowest BCUT2D eigenvalue weighted by atomic mass is 10.2. The number of nitrogens with zero attached hydrogens (tertiary/aromatic N) is 1. The summed E-state index contributed by atoms with van der Waals surface area (Å²) in [4.78, 5) is 4.43. The number of hydrogen-bond donors (Lipinski definition) is 1. The van der Waals surface area contributed by atoms with Gasteiger partial charge in [-0.3, -0.25) is 4.98 Å². The molecule has 0 fully saturated rings. The van der Waals surface area contributed by atoms with Crippen molar-refractivity contribution in [3.8, 4) is 5.75 Å². The molecule has 1 N–H and O–H groups in total. The maximum Gasteiger partial charge on any atom is 0.148 e. The Kier molecular flexibility index (Phi) is 5.57. The lowest BCUT2D eigenvalue weighted by Crippen LogP contribution is -2.06. The monoisotopic (exact) mass is 398 g/mol. The van der Waals surface area contributed by atoms with Crippen LogP contribution in [0.1, 0.15) is 17.0 Å². The zero-order valence-corrected chi connectivity index (χ0v) is 14.6. The molecule has 1 heterocycles. The molecule has 0 aliphatic carbocycles. The average Bonchev–Trinajstić information content (AvgIpc) is 2.38. The molecule has 0 radical (unpaired) electrons. The zero-order valence-electron chi connectivity index (χ0n) is 11.4. The third-order valence-corrected chi connectivity index (χ3v) is 3.93. The van der Waals surface area contributed by atoms with Crippen LogP contribution in [0.15, 0.2) is 39.3 Å². The van der Waals surface area contributed by atoms with Gasteiger partial charge in [-0.05, 0) is 75.7 Å². The normalized spacial score (nSPS) is 10.6. The fourth-order valence-corrected chi connectivity index (χ4v) is 3.39. The van der Waals surface area contributed by atoms with Crippen LogP contribution in [0.5, 0.6) is 5.75 Å². The molecule has 2 rings (SSSR count). The van der Waals surface area contributed by atoms with E-state index in [0.717, 1.165) is 32.6 Å². The number of aryl methyl sites for hydroxylation is 1. The molecular weight excluding hydrogens is 384 g/mol. The van der Waals surface area contributed by atoms with Gasteiger partial charge >= 0.3 is 0 Å². The summed E-state index contributed by atoms with van der Waals surface area (Å²) in [6, 6.07) is 10.0. The molecule has 0 bridgehead atoms. The smallest absolute Gasteiger partial charge is 0.148 e. The minimum atomic E-state index is 0.449. The Hall–Kier alpha value is -0.910. The predicted octanol–water partition coefficient (Wildman–Crippen LogP) is 4.21. The highest BCUT2D eigenvalue weighted by molar-refractivity contribution is 9.11. The Morgan fingerprint density at radius 2 is 1.90 bits per heavy atom. The first kappa shape index (κ1) is 15.5. The number of hydrogen-bond acceptors (Lipinski definition) is 3. The number of rotatable bonds is 5. The van der Waals surface area contributed by atoms with Crippen LogP contribution in [0.25, 0.3) is 0 Å². The minimum Gasteiger partial charge on any atom is -0.485 e. The first-order chi connectivity index (χ1) is 9.60. The molecule has 0 atom stereocenters. The molecule has 0 unspecified atom stereocenters. The SMILES string of the molecule is CNCc1cc(Br)c(OCc2cccc(C)n2)c(Br)c1. The summed E-state index contributed by atoms with van der Waals surface area (Å²) >= 11 is 7.11.